The van der Waals surface area contributed by atoms with Gasteiger partial charge in [-0.1, -0.05) is 22.0 Å². The fourth-order valence-corrected chi connectivity index (χ4v) is 3.48. The second-order valence-corrected chi connectivity index (χ2v) is 5.43. The third kappa shape index (κ3) is 2.53. The van der Waals surface area contributed by atoms with Crippen LogP contribution in [0.3, 0.4) is 0 Å². The monoisotopic (exact) mass is 314 g/mol. The van der Waals surface area contributed by atoms with Crippen LogP contribution in [0.4, 0.5) is 4.39 Å². The van der Waals surface area contributed by atoms with Crippen LogP contribution in [0.1, 0.15) is 21.5 Å². The number of hydrogen-bond acceptors (Lipinski definition) is 2. The van der Waals surface area contributed by atoms with E-state index >= 15 is 0 Å². The van der Waals surface area contributed by atoms with E-state index in [0.717, 1.165) is 5.56 Å². The average molecular weight is 315 g/mol. The molecule has 1 heterocycles. The molecule has 0 aliphatic rings. The molecule has 1 aromatic carbocycles. The van der Waals surface area contributed by atoms with Gasteiger partial charge in [-0.15, -0.1) is 0 Å². The Labute approximate surface area is 112 Å². The van der Waals surface area contributed by atoms with E-state index < -0.39 is 0 Å². The zero-order valence-corrected chi connectivity index (χ0v) is 11.9. The molecule has 1 unspecified atom stereocenters. The molecule has 2 rings (SSSR count). The lowest BCUT2D eigenvalue weighted by molar-refractivity contribution is 0.386. The lowest BCUT2D eigenvalue weighted by atomic mass is 10.0. The van der Waals surface area contributed by atoms with Gasteiger partial charge >= 0.3 is 0 Å². The number of thiophene rings is 1. The Morgan fingerprint density at radius 2 is 2.12 bits per heavy atom. The van der Waals surface area contributed by atoms with E-state index in [9.17, 15) is 4.39 Å². The molecule has 0 aliphatic heterocycles. The molecule has 0 N–H and O–H groups in total. The molecule has 4 heteroatoms. The summed E-state index contributed by atoms with van der Waals surface area (Å²) in [5.41, 5.74) is 3.29. The van der Waals surface area contributed by atoms with Gasteiger partial charge in [-0.05, 0) is 46.5 Å². The van der Waals surface area contributed by atoms with Crippen molar-refractivity contribution in [2.45, 2.75) is 11.8 Å². The molecular formula is C13H12BrFOS. The fourth-order valence-electron chi connectivity index (χ4n) is 1.65. The van der Waals surface area contributed by atoms with Crippen molar-refractivity contribution in [3.63, 3.8) is 0 Å². The van der Waals surface area contributed by atoms with Gasteiger partial charge in [0.05, 0.1) is 11.9 Å². The van der Waals surface area contributed by atoms with E-state index in [4.69, 9.17) is 4.74 Å². The SMILES string of the molecule is COc1ccc(C(Br)c2cscc2C)cc1F. The van der Waals surface area contributed by atoms with Gasteiger partial charge < -0.3 is 4.74 Å². The Bertz CT molecular complexity index is 524. The Balaban J connectivity index is 2.35. The number of rotatable bonds is 3. The first kappa shape index (κ1) is 12.6. The van der Waals surface area contributed by atoms with Crippen LogP contribution < -0.4 is 4.74 Å². The summed E-state index contributed by atoms with van der Waals surface area (Å²) in [6.07, 6.45) is 0. The van der Waals surface area contributed by atoms with Gasteiger partial charge in [0.1, 0.15) is 0 Å². The lowest BCUT2D eigenvalue weighted by Crippen LogP contribution is -1.95. The van der Waals surface area contributed by atoms with Crippen molar-refractivity contribution in [2.24, 2.45) is 0 Å². The Morgan fingerprint density at radius 1 is 1.35 bits per heavy atom. The van der Waals surface area contributed by atoms with Crippen LogP contribution in [0.2, 0.25) is 0 Å². The van der Waals surface area contributed by atoms with Crippen LogP contribution in [0, 0.1) is 12.7 Å². The van der Waals surface area contributed by atoms with Gasteiger partial charge in [0.2, 0.25) is 0 Å². The number of alkyl halides is 1. The Hall–Kier alpha value is -0.870. The molecule has 0 saturated heterocycles. The molecule has 0 fully saturated rings. The zero-order valence-electron chi connectivity index (χ0n) is 9.54. The summed E-state index contributed by atoms with van der Waals surface area (Å²) in [6.45, 7) is 2.06. The smallest absolute Gasteiger partial charge is 0.165 e. The highest BCUT2D eigenvalue weighted by Crippen LogP contribution is 2.35. The van der Waals surface area contributed by atoms with Crippen LogP contribution in [0.5, 0.6) is 5.75 Å². The topological polar surface area (TPSA) is 9.23 Å². The third-order valence-electron chi connectivity index (χ3n) is 2.64. The number of hydrogen-bond donors (Lipinski definition) is 0. The first-order chi connectivity index (χ1) is 8.13. The standard InChI is InChI=1S/C13H12BrFOS/c1-8-6-17-7-10(8)13(14)9-3-4-12(16-2)11(15)5-9/h3-7,13H,1-2H3. The molecule has 0 spiro atoms. The van der Waals surface area contributed by atoms with Gasteiger partial charge in [-0.25, -0.2) is 4.39 Å². The summed E-state index contributed by atoms with van der Waals surface area (Å²) in [7, 11) is 1.47. The first-order valence-corrected chi connectivity index (χ1v) is 6.99. The fraction of sp³-hybridized carbons (Fsp3) is 0.231. The summed E-state index contributed by atoms with van der Waals surface area (Å²) in [5, 5.41) is 4.17. The predicted molar refractivity (Wildman–Crippen MR) is 72.8 cm³/mol. The van der Waals surface area contributed by atoms with Gasteiger partial charge in [-0.2, -0.15) is 11.3 Å². The van der Waals surface area contributed by atoms with Gasteiger partial charge in [0, 0.05) is 0 Å². The quantitative estimate of drug-likeness (QED) is 0.747. The molecule has 0 saturated carbocycles. The maximum atomic E-state index is 13.6. The minimum Gasteiger partial charge on any atom is -0.494 e. The molecule has 1 atom stereocenters. The minimum absolute atomic E-state index is 0.0224. The highest BCUT2D eigenvalue weighted by Gasteiger charge is 2.15. The Kier molecular flexibility index (Phi) is 3.84. The second kappa shape index (κ2) is 5.19. The van der Waals surface area contributed by atoms with Crippen LogP contribution in [-0.2, 0) is 0 Å². The maximum Gasteiger partial charge on any atom is 0.165 e. The number of halogens is 2. The molecular weight excluding hydrogens is 303 g/mol. The molecule has 1 aromatic heterocycles. The summed E-state index contributed by atoms with van der Waals surface area (Å²) in [5.74, 6) is -0.0576. The molecule has 0 amide bonds. The summed E-state index contributed by atoms with van der Waals surface area (Å²) < 4.78 is 18.5. The number of aryl methyl sites for hydroxylation is 1. The van der Waals surface area contributed by atoms with Crippen LogP contribution in [0.25, 0.3) is 0 Å². The molecule has 17 heavy (non-hydrogen) atoms. The summed E-state index contributed by atoms with van der Waals surface area (Å²) in [6, 6.07) is 5.04. The van der Waals surface area contributed by atoms with Crippen molar-refractivity contribution < 1.29 is 9.13 Å². The average Bonchev–Trinajstić information content (AvgIpc) is 2.74. The zero-order chi connectivity index (χ0) is 12.4. The summed E-state index contributed by atoms with van der Waals surface area (Å²) >= 11 is 5.26. The Morgan fingerprint density at radius 3 is 2.65 bits per heavy atom. The maximum absolute atomic E-state index is 13.6. The van der Waals surface area contributed by atoms with Crippen molar-refractivity contribution in [1.29, 1.82) is 0 Å². The van der Waals surface area contributed by atoms with Crippen LogP contribution >= 0.6 is 27.3 Å². The van der Waals surface area contributed by atoms with Crippen LogP contribution in [0.15, 0.2) is 29.0 Å². The second-order valence-electron chi connectivity index (χ2n) is 3.77. The van der Waals surface area contributed by atoms with Crippen molar-refractivity contribution in [3.05, 3.63) is 51.5 Å². The lowest BCUT2D eigenvalue weighted by Gasteiger charge is -2.11. The van der Waals surface area contributed by atoms with E-state index in [1.165, 1.54) is 24.3 Å². The van der Waals surface area contributed by atoms with Crippen molar-refractivity contribution in [3.8, 4) is 5.75 Å². The van der Waals surface area contributed by atoms with E-state index in [2.05, 4.69) is 33.6 Å². The van der Waals surface area contributed by atoms with Crippen molar-refractivity contribution in [2.75, 3.05) is 7.11 Å². The molecule has 1 nitrogen and oxygen atoms in total. The normalized spacial score (nSPS) is 12.5. The summed E-state index contributed by atoms with van der Waals surface area (Å²) in [4.78, 5) is 0.0224. The van der Waals surface area contributed by atoms with E-state index in [1.807, 2.05) is 6.07 Å². The first-order valence-electron chi connectivity index (χ1n) is 5.13. The van der Waals surface area contributed by atoms with Gasteiger partial charge in [0.25, 0.3) is 0 Å². The largest absolute Gasteiger partial charge is 0.494 e. The molecule has 2 aromatic rings. The molecule has 0 bridgehead atoms. The van der Waals surface area contributed by atoms with E-state index in [0.29, 0.717) is 0 Å². The van der Waals surface area contributed by atoms with Crippen molar-refractivity contribution >= 4 is 27.3 Å². The molecule has 90 valence electrons. The van der Waals surface area contributed by atoms with Gasteiger partial charge in [-0.3, -0.25) is 0 Å². The minimum atomic E-state index is -0.331. The highest BCUT2D eigenvalue weighted by atomic mass is 79.9. The number of methoxy groups -OCH3 is 1. The third-order valence-corrected chi connectivity index (χ3v) is 4.54. The van der Waals surface area contributed by atoms with E-state index in [-0.39, 0.29) is 16.4 Å². The van der Waals surface area contributed by atoms with E-state index in [1.54, 1.807) is 17.4 Å². The predicted octanol–water partition coefficient (Wildman–Crippen LogP) is 4.69. The number of ether oxygens (including phenoxy) is 1. The van der Waals surface area contributed by atoms with Crippen molar-refractivity contribution in [1.82, 2.24) is 0 Å². The highest BCUT2D eigenvalue weighted by molar-refractivity contribution is 9.09. The van der Waals surface area contributed by atoms with Gasteiger partial charge in [0.15, 0.2) is 11.6 Å². The van der Waals surface area contributed by atoms with Crippen LogP contribution in [-0.4, -0.2) is 7.11 Å². The molecule has 0 aliphatic carbocycles. The number of benzene rings is 1. The molecule has 0 radical (unpaired) electrons.